The number of likely N-dealkylation sites (tertiary alicyclic amines) is 1. The van der Waals surface area contributed by atoms with E-state index in [0.717, 1.165) is 24.8 Å². The van der Waals surface area contributed by atoms with Crippen molar-refractivity contribution >= 4 is 5.82 Å². The van der Waals surface area contributed by atoms with E-state index >= 15 is 0 Å². The fourth-order valence-corrected chi connectivity index (χ4v) is 3.75. The van der Waals surface area contributed by atoms with Crippen molar-refractivity contribution in [1.29, 1.82) is 0 Å². The first-order valence-electron chi connectivity index (χ1n) is 8.35. The second-order valence-electron chi connectivity index (χ2n) is 7.00. The predicted molar refractivity (Wildman–Crippen MR) is 83.3 cm³/mol. The molecular weight excluding hydrogens is 262 g/mol. The summed E-state index contributed by atoms with van der Waals surface area (Å²) >= 11 is 0. The lowest BCUT2D eigenvalue weighted by molar-refractivity contribution is -0.0440. The molecule has 0 radical (unpaired) electrons. The highest BCUT2D eigenvalue weighted by Crippen LogP contribution is 2.38. The number of hydrogen-bond acceptors (Lipinski definition) is 4. The Balaban J connectivity index is 1.29. The lowest BCUT2D eigenvalue weighted by Crippen LogP contribution is -2.45. The molecule has 1 spiro atoms. The van der Waals surface area contributed by atoms with Gasteiger partial charge >= 0.3 is 0 Å². The molecule has 1 aliphatic carbocycles. The second-order valence-corrected chi connectivity index (χ2v) is 7.00. The number of anilines is 1. The molecule has 0 aromatic carbocycles. The van der Waals surface area contributed by atoms with Crippen molar-refractivity contribution in [3.05, 3.63) is 24.4 Å². The van der Waals surface area contributed by atoms with E-state index in [1.165, 1.54) is 45.3 Å². The molecule has 1 N–H and O–H groups in total. The topological polar surface area (TPSA) is 37.4 Å². The highest BCUT2D eigenvalue weighted by molar-refractivity contribution is 5.35. The van der Waals surface area contributed by atoms with Crippen LogP contribution in [0.5, 0.6) is 0 Å². The number of nitrogens with zero attached hydrogens (tertiary/aromatic N) is 2. The zero-order valence-electron chi connectivity index (χ0n) is 12.6. The smallest absolute Gasteiger partial charge is 0.126 e. The van der Waals surface area contributed by atoms with Gasteiger partial charge < -0.3 is 15.0 Å². The molecule has 1 saturated carbocycles. The summed E-state index contributed by atoms with van der Waals surface area (Å²) < 4.78 is 6.22. The lowest BCUT2D eigenvalue weighted by atomic mass is 9.87. The summed E-state index contributed by atoms with van der Waals surface area (Å²) in [6.45, 7) is 4.57. The molecule has 0 amide bonds. The number of rotatable bonds is 4. The minimum Gasteiger partial charge on any atom is -0.373 e. The van der Waals surface area contributed by atoms with E-state index in [2.05, 4.69) is 15.2 Å². The van der Waals surface area contributed by atoms with E-state index in [9.17, 15) is 0 Å². The standard InChI is InChI=1S/C17H25N3O/c1-2-8-18-16(3-1)19-15-11-17(21-13-15)6-9-20(10-7-17)12-14-4-5-14/h1-3,8,14-15H,4-7,9-13H2,(H,18,19)/t15-/m1/s1. The molecule has 1 aromatic heterocycles. The number of pyridine rings is 1. The zero-order chi connectivity index (χ0) is 14.1. The number of piperidine rings is 1. The Bertz CT molecular complexity index is 466. The van der Waals surface area contributed by atoms with Crippen LogP contribution < -0.4 is 5.32 Å². The van der Waals surface area contributed by atoms with E-state index in [-0.39, 0.29) is 5.60 Å². The van der Waals surface area contributed by atoms with E-state index in [4.69, 9.17) is 4.74 Å². The number of aromatic nitrogens is 1. The van der Waals surface area contributed by atoms with Gasteiger partial charge in [-0.1, -0.05) is 6.07 Å². The van der Waals surface area contributed by atoms with Crippen molar-refractivity contribution in [1.82, 2.24) is 9.88 Å². The summed E-state index contributed by atoms with van der Waals surface area (Å²) in [7, 11) is 0. The van der Waals surface area contributed by atoms with Gasteiger partial charge in [-0.3, -0.25) is 0 Å². The summed E-state index contributed by atoms with van der Waals surface area (Å²) in [5, 5.41) is 3.52. The molecule has 3 aliphatic rings. The Hall–Kier alpha value is -1.13. The predicted octanol–water partition coefficient (Wildman–Crippen LogP) is 2.53. The minimum atomic E-state index is 0.131. The van der Waals surface area contributed by atoms with Crippen molar-refractivity contribution < 1.29 is 4.74 Å². The van der Waals surface area contributed by atoms with E-state index in [1.807, 2.05) is 24.4 Å². The fourth-order valence-electron chi connectivity index (χ4n) is 3.75. The quantitative estimate of drug-likeness (QED) is 0.923. The van der Waals surface area contributed by atoms with Crippen LogP contribution in [-0.4, -0.2) is 47.8 Å². The van der Waals surface area contributed by atoms with E-state index in [0.29, 0.717) is 6.04 Å². The van der Waals surface area contributed by atoms with Crippen LogP contribution in [0, 0.1) is 5.92 Å². The molecule has 4 nitrogen and oxygen atoms in total. The molecule has 0 bridgehead atoms. The zero-order valence-corrected chi connectivity index (χ0v) is 12.6. The maximum absolute atomic E-state index is 6.22. The SMILES string of the molecule is c1ccc(N[C@H]2COC3(CCN(CC4CC4)CC3)C2)nc1. The largest absolute Gasteiger partial charge is 0.373 e. The van der Waals surface area contributed by atoms with Crippen LogP contribution in [0.15, 0.2) is 24.4 Å². The average molecular weight is 287 g/mol. The van der Waals surface area contributed by atoms with Crippen molar-refractivity contribution in [3.8, 4) is 0 Å². The molecule has 2 aliphatic heterocycles. The summed E-state index contributed by atoms with van der Waals surface area (Å²) in [5.41, 5.74) is 0.131. The third-order valence-corrected chi connectivity index (χ3v) is 5.21. The van der Waals surface area contributed by atoms with E-state index < -0.39 is 0 Å². The van der Waals surface area contributed by atoms with Crippen LogP contribution in [0.4, 0.5) is 5.82 Å². The average Bonchev–Trinajstić information content (AvgIpc) is 3.25. The molecule has 3 fully saturated rings. The van der Waals surface area contributed by atoms with Crippen LogP contribution in [0.25, 0.3) is 0 Å². The Morgan fingerprint density at radius 1 is 1.29 bits per heavy atom. The van der Waals surface area contributed by atoms with Gasteiger partial charge in [0, 0.05) is 25.8 Å². The van der Waals surface area contributed by atoms with Gasteiger partial charge in [-0.25, -0.2) is 4.98 Å². The molecule has 3 heterocycles. The van der Waals surface area contributed by atoms with Crippen LogP contribution in [-0.2, 0) is 4.74 Å². The first-order valence-corrected chi connectivity index (χ1v) is 8.35. The number of nitrogens with one attached hydrogen (secondary N) is 1. The van der Waals surface area contributed by atoms with Gasteiger partial charge in [0.25, 0.3) is 0 Å². The fraction of sp³-hybridized carbons (Fsp3) is 0.706. The molecule has 0 unspecified atom stereocenters. The molecule has 2 saturated heterocycles. The Labute approximate surface area is 126 Å². The Morgan fingerprint density at radius 2 is 2.14 bits per heavy atom. The van der Waals surface area contributed by atoms with Gasteiger partial charge in [0.2, 0.25) is 0 Å². The number of hydrogen-bond donors (Lipinski definition) is 1. The van der Waals surface area contributed by atoms with Crippen LogP contribution in [0.3, 0.4) is 0 Å². The molecule has 1 aromatic rings. The van der Waals surface area contributed by atoms with Crippen molar-refractivity contribution in [2.75, 3.05) is 31.6 Å². The van der Waals surface area contributed by atoms with Gasteiger partial charge in [-0.05, 0) is 50.2 Å². The maximum Gasteiger partial charge on any atom is 0.126 e. The summed E-state index contributed by atoms with van der Waals surface area (Å²) in [4.78, 5) is 7.00. The molecule has 21 heavy (non-hydrogen) atoms. The first-order chi connectivity index (χ1) is 10.3. The third-order valence-electron chi connectivity index (χ3n) is 5.21. The van der Waals surface area contributed by atoms with Gasteiger partial charge in [0.15, 0.2) is 0 Å². The van der Waals surface area contributed by atoms with Gasteiger partial charge in [-0.15, -0.1) is 0 Å². The minimum absolute atomic E-state index is 0.131. The normalized spacial score (nSPS) is 28.9. The Morgan fingerprint density at radius 3 is 2.86 bits per heavy atom. The molecule has 114 valence electrons. The second kappa shape index (κ2) is 5.58. The highest BCUT2D eigenvalue weighted by atomic mass is 16.5. The maximum atomic E-state index is 6.22. The van der Waals surface area contributed by atoms with Crippen molar-refractivity contribution in [2.45, 2.75) is 43.7 Å². The summed E-state index contributed by atoms with van der Waals surface area (Å²) in [5.74, 6) is 1.97. The van der Waals surface area contributed by atoms with E-state index in [1.54, 1.807) is 0 Å². The number of ether oxygens (including phenoxy) is 1. The van der Waals surface area contributed by atoms with Crippen LogP contribution >= 0.6 is 0 Å². The first kappa shape index (κ1) is 13.5. The van der Waals surface area contributed by atoms with Crippen molar-refractivity contribution in [2.24, 2.45) is 5.92 Å². The van der Waals surface area contributed by atoms with Crippen LogP contribution in [0.2, 0.25) is 0 Å². The van der Waals surface area contributed by atoms with Gasteiger partial charge in [0.05, 0.1) is 18.2 Å². The van der Waals surface area contributed by atoms with Crippen molar-refractivity contribution in [3.63, 3.8) is 0 Å². The van der Waals surface area contributed by atoms with Crippen LogP contribution in [0.1, 0.15) is 32.1 Å². The van der Waals surface area contributed by atoms with Gasteiger partial charge in [0.1, 0.15) is 5.82 Å². The summed E-state index contributed by atoms with van der Waals surface area (Å²) in [6, 6.07) is 6.42. The molecular formula is C17H25N3O. The highest BCUT2D eigenvalue weighted by Gasteiger charge is 2.43. The lowest BCUT2D eigenvalue weighted by Gasteiger charge is -2.38. The molecule has 1 atom stereocenters. The Kier molecular flexibility index (Phi) is 3.59. The summed E-state index contributed by atoms with van der Waals surface area (Å²) in [6.07, 6.45) is 8.26. The monoisotopic (exact) mass is 287 g/mol. The molecule has 4 rings (SSSR count). The van der Waals surface area contributed by atoms with Gasteiger partial charge in [-0.2, -0.15) is 0 Å². The third kappa shape index (κ3) is 3.22. The molecule has 4 heteroatoms.